The van der Waals surface area contributed by atoms with Gasteiger partial charge in [-0.3, -0.25) is 0 Å². The molecule has 17 heavy (non-hydrogen) atoms. The first-order chi connectivity index (χ1) is 8.00. The molecule has 0 aromatic rings. The van der Waals surface area contributed by atoms with E-state index < -0.39 is 0 Å². The van der Waals surface area contributed by atoms with Crippen molar-refractivity contribution < 1.29 is 0 Å². The average Bonchev–Trinajstić information content (AvgIpc) is 2.28. The van der Waals surface area contributed by atoms with Crippen LogP contribution in [-0.4, -0.2) is 0 Å². The first kappa shape index (κ1) is 15.1. The lowest BCUT2D eigenvalue weighted by molar-refractivity contribution is 0.194. The third kappa shape index (κ3) is 5.44. The van der Waals surface area contributed by atoms with Gasteiger partial charge in [-0.05, 0) is 42.4 Å². The van der Waals surface area contributed by atoms with Crippen molar-refractivity contribution in [2.75, 3.05) is 0 Å². The van der Waals surface area contributed by atoms with Gasteiger partial charge in [0.2, 0.25) is 0 Å². The molecule has 1 saturated carbocycles. The molecule has 1 aliphatic carbocycles. The Morgan fingerprint density at radius 2 is 1.41 bits per heavy atom. The van der Waals surface area contributed by atoms with Crippen molar-refractivity contribution in [1.82, 2.24) is 0 Å². The zero-order valence-electron chi connectivity index (χ0n) is 12.8. The van der Waals surface area contributed by atoms with Crippen LogP contribution in [0.5, 0.6) is 0 Å². The molecule has 0 heteroatoms. The lowest BCUT2D eigenvalue weighted by Crippen LogP contribution is -2.21. The topological polar surface area (TPSA) is 0 Å². The van der Waals surface area contributed by atoms with Gasteiger partial charge in [0.25, 0.3) is 0 Å². The smallest absolute Gasteiger partial charge is 0.0391 e. The van der Waals surface area contributed by atoms with Gasteiger partial charge < -0.3 is 0 Å². The van der Waals surface area contributed by atoms with Gasteiger partial charge in [-0.1, -0.05) is 66.7 Å². The first-order valence-electron chi connectivity index (χ1n) is 8.00. The zero-order chi connectivity index (χ0) is 12.8. The largest absolute Gasteiger partial charge is 0.0628 e. The molecule has 0 radical (unpaired) electrons. The molecule has 3 atom stereocenters. The summed E-state index contributed by atoms with van der Waals surface area (Å²) >= 11 is 0. The van der Waals surface area contributed by atoms with Crippen LogP contribution in [0.3, 0.4) is 0 Å². The van der Waals surface area contributed by atoms with Gasteiger partial charge in [0.05, 0.1) is 0 Å². The fourth-order valence-electron chi connectivity index (χ4n) is 3.68. The molecule has 0 bridgehead atoms. The lowest BCUT2D eigenvalue weighted by atomic mass is 9.74. The van der Waals surface area contributed by atoms with E-state index in [1.807, 2.05) is 0 Å². The summed E-state index contributed by atoms with van der Waals surface area (Å²) < 4.78 is 0. The van der Waals surface area contributed by atoms with E-state index in [-0.39, 0.29) is 0 Å². The fourth-order valence-corrected chi connectivity index (χ4v) is 3.68. The van der Waals surface area contributed by atoms with Gasteiger partial charge in [0.1, 0.15) is 0 Å². The van der Waals surface area contributed by atoms with Gasteiger partial charge in [0, 0.05) is 0 Å². The van der Waals surface area contributed by atoms with Crippen LogP contribution in [0.1, 0.15) is 79.6 Å². The van der Waals surface area contributed by atoms with Crippen molar-refractivity contribution in [3.05, 3.63) is 0 Å². The molecule has 0 aliphatic heterocycles. The maximum absolute atomic E-state index is 2.50. The minimum atomic E-state index is 0.856. The van der Waals surface area contributed by atoms with E-state index in [0.29, 0.717) is 0 Å². The van der Waals surface area contributed by atoms with E-state index in [1.165, 1.54) is 44.9 Å². The van der Waals surface area contributed by atoms with Gasteiger partial charge in [0.15, 0.2) is 0 Å². The van der Waals surface area contributed by atoms with Gasteiger partial charge in [-0.15, -0.1) is 0 Å². The fraction of sp³-hybridized carbons (Fsp3) is 1.00. The van der Waals surface area contributed by atoms with Crippen molar-refractivity contribution in [3.8, 4) is 0 Å². The molecule has 1 fully saturated rings. The van der Waals surface area contributed by atoms with E-state index in [2.05, 4.69) is 34.6 Å². The summed E-state index contributed by atoms with van der Waals surface area (Å²) in [5.74, 6) is 4.63. The van der Waals surface area contributed by atoms with Crippen molar-refractivity contribution in [3.63, 3.8) is 0 Å². The highest BCUT2D eigenvalue weighted by atomic mass is 14.3. The summed E-state index contributed by atoms with van der Waals surface area (Å²) in [6.45, 7) is 12.2. The highest BCUT2D eigenvalue weighted by Crippen LogP contribution is 2.34. The van der Waals surface area contributed by atoms with Gasteiger partial charge >= 0.3 is 0 Å². The van der Waals surface area contributed by atoms with E-state index in [1.54, 1.807) is 0 Å². The van der Waals surface area contributed by atoms with Crippen molar-refractivity contribution >= 4 is 0 Å². The van der Waals surface area contributed by atoms with Crippen LogP contribution < -0.4 is 0 Å². The van der Waals surface area contributed by atoms with E-state index in [9.17, 15) is 0 Å². The molecule has 0 N–H and O–H groups in total. The lowest BCUT2D eigenvalue weighted by Gasteiger charge is -2.31. The Morgan fingerprint density at radius 3 is 1.94 bits per heavy atom. The molecule has 0 aromatic heterocycles. The summed E-state index contributed by atoms with van der Waals surface area (Å²) in [5, 5.41) is 0. The predicted octanol–water partition coefficient (Wildman–Crippen LogP) is 5.91. The van der Waals surface area contributed by atoms with Crippen LogP contribution in [0.25, 0.3) is 0 Å². The third-order valence-electron chi connectivity index (χ3n) is 5.07. The standard InChI is InChI=1S/C17H34/c1-13(2)11-14(3)16(5)15(4)12-17-9-7-6-8-10-17/h13-17H,6-12H2,1-5H3. The molecule has 0 saturated heterocycles. The SMILES string of the molecule is CC(C)CC(C)C(C)C(C)CC1CCCCC1. The molecule has 102 valence electrons. The Bertz CT molecular complexity index is 188. The molecular formula is C17H34. The average molecular weight is 238 g/mol. The molecule has 0 amide bonds. The van der Waals surface area contributed by atoms with E-state index in [0.717, 1.165) is 29.6 Å². The molecule has 3 unspecified atom stereocenters. The Balaban J connectivity index is 2.31. The van der Waals surface area contributed by atoms with Crippen LogP contribution in [0, 0.1) is 29.6 Å². The zero-order valence-corrected chi connectivity index (χ0v) is 12.8. The third-order valence-corrected chi connectivity index (χ3v) is 5.07. The monoisotopic (exact) mass is 238 g/mol. The Hall–Kier alpha value is 0. The van der Waals surface area contributed by atoms with Crippen LogP contribution in [0.4, 0.5) is 0 Å². The highest BCUT2D eigenvalue weighted by molar-refractivity contribution is 4.74. The van der Waals surface area contributed by atoms with E-state index >= 15 is 0 Å². The molecule has 0 nitrogen and oxygen atoms in total. The quantitative estimate of drug-likeness (QED) is 0.539. The van der Waals surface area contributed by atoms with Crippen molar-refractivity contribution in [1.29, 1.82) is 0 Å². The van der Waals surface area contributed by atoms with Crippen LogP contribution in [0.2, 0.25) is 0 Å². The molecule has 0 aromatic carbocycles. The maximum atomic E-state index is 2.50. The van der Waals surface area contributed by atoms with Crippen molar-refractivity contribution in [2.45, 2.75) is 79.6 Å². The maximum Gasteiger partial charge on any atom is -0.0391 e. The number of rotatable bonds is 6. The second kappa shape index (κ2) is 7.44. The summed E-state index contributed by atoms with van der Waals surface area (Å²) in [4.78, 5) is 0. The normalized spacial score (nSPS) is 23.6. The Kier molecular flexibility index (Phi) is 6.59. The van der Waals surface area contributed by atoms with Crippen LogP contribution >= 0.6 is 0 Å². The molecule has 1 aliphatic rings. The highest BCUT2D eigenvalue weighted by Gasteiger charge is 2.23. The Labute approximate surface area is 110 Å². The Morgan fingerprint density at radius 1 is 0.824 bits per heavy atom. The molecule has 1 rings (SSSR count). The molecular weight excluding hydrogens is 204 g/mol. The summed E-state index contributed by atoms with van der Waals surface area (Å²) in [5.41, 5.74) is 0. The first-order valence-corrected chi connectivity index (χ1v) is 8.00. The summed E-state index contributed by atoms with van der Waals surface area (Å²) in [6, 6.07) is 0. The van der Waals surface area contributed by atoms with Gasteiger partial charge in [-0.25, -0.2) is 0 Å². The van der Waals surface area contributed by atoms with Crippen molar-refractivity contribution in [2.24, 2.45) is 29.6 Å². The minimum Gasteiger partial charge on any atom is -0.0628 e. The van der Waals surface area contributed by atoms with Crippen LogP contribution in [0.15, 0.2) is 0 Å². The second-order valence-electron chi connectivity index (χ2n) is 7.18. The van der Waals surface area contributed by atoms with E-state index in [4.69, 9.17) is 0 Å². The predicted molar refractivity (Wildman–Crippen MR) is 78.1 cm³/mol. The summed E-state index contributed by atoms with van der Waals surface area (Å²) in [7, 11) is 0. The molecule has 0 spiro atoms. The molecule has 0 heterocycles. The number of hydrogen-bond acceptors (Lipinski definition) is 0. The van der Waals surface area contributed by atoms with Crippen LogP contribution in [-0.2, 0) is 0 Å². The second-order valence-corrected chi connectivity index (χ2v) is 7.18. The van der Waals surface area contributed by atoms with Gasteiger partial charge in [-0.2, -0.15) is 0 Å². The minimum absolute atomic E-state index is 0.856. The summed E-state index contributed by atoms with van der Waals surface area (Å²) in [6.07, 6.45) is 10.4. The number of hydrogen-bond donors (Lipinski definition) is 0.